The van der Waals surface area contributed by atoms with Gasteiger partial charge in [0.2, 0.25) is 0 Å². The Kier molecular flexibility index (Phi) is 1.20. The number of hydrogen-bond donors (Lipinski definition) is 0. The van der Waals surface area contributed by atoms with Crippen LogP contribution in [0.1, 0.15) is 12.8 Å². The average molecular weight is 154 g/mol. The van der Waals surface area contributed by atoms with Gasteiger partial charge in [-0.25, -0.2) is 0 Å². The van der Waals surface area contributed by atoms with Crippen LogP contribution in [-0.4, -0.2) is 17.3 Å². The lowest BCUT2D eigenvalue weighted by Crippen LogP contribution is -1.99. The van der Waals surface area contributed by atoms with Crippen molar-refractivity contribution in [3.8, 4) is 0 Å². The van der Waals surface area contributed by atoms with E-state index in [0.29, 0.717) is 0 Å². The average Bonchev–Trinajstić information content (AvgIpc) is 2.39. The van der Waals surface area contributed by atoms with Crippen molar-refractivity contribution in [2.24, 2.45) is 0 Å². The van der Waals surface area contributed by atoms with Gasteiger partial charge in [-0.1, -0.05) is 0 Å². The summed E-state index contributed by atoms with van der Waals surface area (Å²) in [6.45, 7) is 0. The molecule has 0 unspecified atom stereocenters. The van der Waals surface area contributed by atoms with Gasteiger partial charge in [0.25, 0.3) is 0 Å². The van der Waals surface area contributed by atoms with Gasteiger partial charge in [-0.2, -0.15) is 0 Å². The molecule has 0 N–H and O–H groups in total. The summed E-state index contributed by atoms with van der Waals surface area (Å²) in [5, 5.41) is 0. The van der Waals surface area contributed by atoms with Crippen LogP contribution in [0.2, 0.25) is 0 Å². The van der Waals surface area contributed by atoms with Gasteiger partial charge in [-0.05, 0) is 6.42 Å². The zero-order valence-electron chi connectivity index (χ0n) is 5.35. The first kappa shape index (κ1) is 6.16. The topological polar surface area (TPSA) is 34.1 Å². The summed E-state index contributed by atoms with van der Waals surface area (Å²) >= 11 is 1.53. The van der Waals surface area contributed by atoms with Crippen LogP contribution in [0.3, 0.4) is 0 Å². The molecule has 0 radical (unpaired) electrons. The first-order chi connectivity index (χ1) is 4.79. The van der Waals surface area contributed by atoms with Crippen LogP contribution < -0.4 is 0 Å². The van der Waals surface area contributed by atoms with Crippen molar-refractivity contribution >= 4 is 23.3 Å². The van der Waals surface area contributed by atoms with Crippen LogP contribution in [0.25, 0.3) is 0 Å². The maximum atomic E-state index is 11.0. The van der Waals surface area contributed by atoms with Crippen molar-refractivity contribution in [2.75, 3.05) is 5.75 Å². The predicted octanol–water partition coefficient (Wildman–Crippen LogP) is 0.919. The molecule has 1 aliphatic carbocycles. The van der Waals surface area contributed by atoms with E-state index in [9.17, 15) is 9.59 Å². The van der Waals surface area contributed by atoms with Gasteiger partial charge in [0.15, 0.2) is 11.6 Å². The zero-order chi connectivity index (χ0) is 7.14. The standard InChI is InChI=1S/C7H6O2S/c8-5-3-6(9)7-4(5)1-2-10-7/h1-3H2. The van der Waals surface area contributed by atoms with E-state index in [4.69, 9.17) is 0 Å². The van der Waals surface area contributed by atoms with E-state index in [1.54, 1.807) is 0 Å². The molecule has 1 heterocycles. The van der Waals surface area contributed by atoms with E-state index in [2.05, 4.69) is 0 Å². The molecule has 0 atom stereocenters. The fourth-order valence-corrected chi connectivity index (χ4v) is 2.44. The second-order valence-electron chi connectivity index (χ2n) is 2.43. The molecular weight excluding hydrogens is 148 g/mol. The van der Waals surface area contributed by atoms with Gasteiger partial charge >= 0.3 is 0 Å². The summed E-state index contributed by atoms with van der Waals surface area (Å²) < 4.78 is 0. The lowest BCUT2D eigenvalue weighted by Gasteiger charge is -1.90. The molecule has 10 heavy (non-hydrogen) atoms. The number of carbonyl (C=O) groups is 2. The van der Waals surface area contributed by atoms with E-state index in [1.165, 1.54) is 11.8 Å². The number of ketones is 2. The molecule has 0 aromatic rings. The predicted molar refractivity (Wildman–Crippen MR) is 38.7 cm³/mol. The minimum Gasteiger partial charge on any atom is -0.294 e. The van der Waals surface area contributed by atoms with Crippen LogP contribution in [0.4, 0.5) is 0 Å². The quantitative estimate of drug-likeness (QED) is 0.486. The fourth-order valence-electron chi connectivity index (χ4n) is 1.30. The van der Waals surface area contributed by atoms with E-state index in [0.717, 1.165) is 22.7 Å². The Morgan fingerprint density at radius 3 is 2.70 bits per heavy atom. The third-order valence-electron chi connectivity index (χ3n) is 1.78. The largest absolute Gasteiger partial charge is 0.294 e. The molecule has 0 fully saturated rings. The van der Waals surface area contributed by atoms with Gasteiger partial charge in [-0.3, -0.25) is 9.59 Å². The van der Waals surface area contributed by atoms with Crippen LogP contribution in [-0.2, 0) is 9.59 Å². The number of thioether (sulfide) groups is 1. The summed E-state index contributed by atoms with van der Waals surface area (Å²) in [5.41, 5.74) is 0.801. The van der Waals surface area contributed by atoms with Gasteiger partial charge in [0, 0.05) is 11.3 Å². The van der Waals surface area contributed by atoms with E-state index >= 15 is 0 Å². The van der Waals surface area contributed by atoms with E-state index in [1.807, 2.05) is 0 Å². The first-order valence-electron chi connectivity index (χ1n) is 3.21. The molecule has 2 aliphatic rings. The summed E-state index contributed by atoms with van der Waals surface area (Å²) in [4.78, 5) is 22.7. The van der Waals surface area contributed by atoms with Crippen LogP contribution >= 0.6 is 11.8 Å². The smallest absolute Gasteiger partial charge is 0.177 e. The number of hydrogen-bond acceptors (Lipinski definition) is 3. The van der Waals surface area contributed by atoms with Crippen LogP contribution in [0.15, 0.2) is 10.5 Å². The highest BCUT2D eigenvalue weighted by atomic mass is 32.2. The Bertz CT molecular complexity index is 228. The van der Waals surface area contributed by atoms with Crippen molar-refractivity contribution in [3.63, 3.8) is 0 Å². The number of rotatable bonds is 0. The zero-order valence-corrected chi connectivity index (χ0v) is 6.16. The molecule has 1 aliphatic heterocycles. The minimum atomic E-state index is 0.0440. The summed E-state index contributed by atoms with van der Waals surface area (Å²) in [7, 11) is 0. The lowest BCUT2D eigenvalue weighted by atomic mass is 10.2. The van der Waals surface area contributed by atoms with Gasteiger partial charge in [-0.15, -0.1) is 11.8 Å². The molecule has 52 valence electrons. The normalized spacial score (nSPS) is 24.4. The number of allylic oxidation sites excluding steroid dienone is 2. The maximum Gasteiger partial charge on any atom is 0.177 e. The molecule has 0 aromatic heterocycles. The van der Waals surface area contributed by atoms with Crippen LogP contribution in [0, 0.1) is 0 Å². The third kappa shape index (κ3) is 0.669. The molecule has 2 nitrogen and oxygen atoms in total. The second kappa shape index (κ2) is 1.95. The molecule has 0 bridgehead atoms. The SMILES string of the molecule is O=C1CC(=O)C2=C1CCS2. The Morgan fingerprint density at radius 1 is 1.20 bits per heavy atom. The molecule has 0 spiro atoms. The number of carbonyl (C=O) groups excluding carboxylic acids is 2. The summed E-state index contributed by atoms with van der Waals surface area (Å²) in [5.74, 6) is 1.02. The van der Waals surface area contributed by atoms with Crippen molar-refractivity contribution in [3.05, 3.63) is 10.5 Å². The summed E-state index contributed by atoms with van der Waals surface area (Å²) in [6, 6.07) is 0. The summed E-state index contributed by atoms with van der Waals surface area (Å²) in [6.07, 6.45) is 0.947. The monoisotopic (exact) mass is 154 g/mol. The molecule has 2 rings (SSSR count). The van der Waals surface area contributed by atoms with Crippen molar-refractivity contribution in [2.45, 2.75) is 12.8 Å². The molecular formula is C7H6O2S. The molecule has 0 saturated carbocycles. The highest BCUT2D eigenvalue weighted by Gasteiger charge is 2.33. The third-order valence-corrected chi connectivity index (χ3v) is 2.95. The highest BCUT2D eigenvalue weighted by Crippen LogP contribution is 2.38. The van der Waals surface area contributed by atoms with E-state index < -0.39 is 0 Å². The Balaban J connectivity index is 2.45. The van der Waals surface area contributed by atoms with Gasteiger partial charge < -0.3 is 0 Å². The molecule has 0 amide bonds. The Hall–Kier alpha value is -0.570. The van der Waals surface area contributed by atoms with E-state index in [-0.39, 0.29) is 18.0 Å². The fraction of sp³-hybridized carbons (Fsp3) is 0.429. The highest BCUT2D eigenvalue weighted by molar-refractivity contribution is 8.04. The Morgan fingerprint density at radius 2 is 2.00 bits per heavy atom. The van der Waals surface area contributed by atoms with Crippen molar-refractivity contribution in [1.29, 1.82) is 0 Å². The Labute approximate surface area is 62.7 Å². The molecule has 3 heteroatoms. The lowest BCUT2D eigenvalue weighted by molar-refractivity contribution is -0.120. The van der Waals surface area contributed by atoms with Crippen LogP contribution in [0.5, 0.6) is 0 Å². The maximum absolute atomic E-state index is 11.0. The molecule has 0 aromatic carbocycles. The first-order valence-corrected chi connectivity index (χ1v) is 4.20. The van der Waals surface area contributed by atoms with Crippen molar-refractivity contribution in [1.82, 2.24) is 0 Å². The number of Topliss-reactive ketones (excluding diaryl/α,β-unsaturated/α-hetero) is 2. The van der Waals surface area contributed by atoms with Gasteiger partial charge in [0.05, 0.1) is 11.3 Å². The molecule has 0 saturated heterocycles. The van der Waals surface area contributed by atoms with Gasteiger partial charge in [0.1, 0.15) is 0 Å². The van der Waals surface area contributed by atoms with Crippen molar-refractivity contribution < 1.29 is 9.59 Å². The minimum absolute atomic E-state index is 0.0440. The second-order valence-corrected chi connectivity index (χ2v) is 3.53.